The summed E-state index contributed by atoms with van der Waals surface area (Å²) < 4.78 is 14.7. The highest BCUT2D eigenvalue weighted by Crippen LogP contribution is 2.31. The van der Waals surface area contributed by atoms with Gasteiger partial charge < -0.3 is 5.32 Å². The molecule has 0 radical (unpaired) electrons. The SMILES string of the molecule is CNC(CSCC(C)C)c1ccc(Br)c(Cl)c1F. The van der Waals surface area contributed by atoms with Crippen molar-refractivity contribution < 1.29 is 4.39 Å². The van der Waals surface area contributed by atoms with Gasteiger partial charge in [0.2, 0.25) is 0 Å². The smallest absolute Gasteiger partial charge is 0.147 e. The minimum absolute atomic E-state index is 0.0145. The number of hydrogen-bond donors (Lipinski definition) is 1. The van der Waals surface area contributed by atoms with Crippen molar-refractivity contribution in [2.45, 2.75) is 19.9 Å². The van der Waals surface area contributed by atoms with Crippen molar-refractivity contribution in [2.75, 3.05) is 18.6 Å². The third-order valence-electron chi connectivity index (χ3n) is 2.52. The number of halogens is 3. The van der Waals surface area contributed by atoms with Crippen molar-refractivity contribution >= 4 is 39.3 Å². The zero-order chi connectivity index (χ0) is 13.7. The van der Waals surface area contributed by atoms with Crippen molar-refractivity contribution in [3.63, 3.8) is 0 Å². The van der Waals surface area contributed by atoms with Crippen molar-refractivity contribution in [1.82, 2.24) is 5.32 Å². The molecule has 1 aromatic rings. The predicted octanol–water partition coefficient (Wildman–Crippen LogP) is 4.89. The summed E-state index contributed by atoms with van der Waals surface area (Å²) >= 11 is 11.0. The van der Waals surface area contributed by atoms with Crippen molar-refractivity contribution in [1.29, 1.82) is 0 Å². The predicted molar refractivity (Wildman–Crippen MR) is 83.1 cm³/mol. The molecular weight excluding hydrogens is 337 g/mol. The summed E-state index contributed by atoms with van der Waals surface area (Å²) in [7, 11) is 1.84. The van der Waals surface area contributed by atoms with Crippen molar-refractivity contribution in [3.05, 3.63) is 33.0 Å². The number of hydrogen-bond acceptors (Lipinski definition) is 2. The Hall–Kier alpha value is 0.230. The maximum atomic E-state index is 14.1. The summed E-state index contributed by atoms with van der Waals surface area (Å²) in [6.45, 7) is 4.36. The summed E-state index contributed by atoms with van der Waals surface area (Å²) in [4.78, 5) is 0. The lowest BCUT2D eigenvalue weighted by atomic mass is 10.1. The lowest BCUT2D eigenvalue weighted by molar-refractivity contribution is 0.565. The highest BCUT2D eigenvalue weighted by molar-refractivity contribution is 9.10. The average Bonchev–Trinajstić information content (AvgIpc) is 2.33. The van der Waals surface area contributed by atoms with E-state index < -0.39 is 0 Å². The van der Waals surface area contributed by atoms with Gasteiger partial charge in [-0.3, -0.25) is 0 Å². The van der Waals surface area contributed by atoms with E-state index in [0.717, 1.165) is 11.5 Å². The van der Waals surface area contributed by atoms with Gasteiger partial charge in [-0.05, 0) is 40.7 Å². The molecule has 102 valence electrons. The van der Waals surface area contributed by atoms with Gasteiger partial charge in [-0.2, -0.15) is 11.8 Å². The monoisotopic (exact) mass is 353 g/mol. The highest BCUT2D eigenvalue weighted by Gasteiger charge is 2.17. The van der Waals surface area contributed by atoms with Crippen LogP contribution in [0.25, 0.3) is 0 Å². The Morgan fingerprint density at radius 3 is 2.61 bits per heavy atom. The Bertz CT molecular complexity index is 401. The third kappa shape index (κ3) is 4.41. The first-order valence-corrected chi connectivity index (χ1v) is 8.18. The van der Waals surface area contributed by atoms with Gasteiger partial charge in [-0.25, -0.2) is 4.39 Å². The maximum Gasteiger partial charge on any atom is 0.147 e. The van der Waals surface area contributed by atoms with E-state index in [1.165, 1.54) is 0 Å². The first-order valence-electron chi connectivity index (χ1n) is 5.85. The van der Waals surface area contributed by atoms with E-state index in [1.54, 1.807) is 12.1 Å². The van der Waals surface area contributed by atoms with Crippen LogP contribution < -0.4 is 5.32 Å². The molecule has 0 aliphatic carbocycles. The second-order valence-electron chi connectivity index (χ2n) is 4.54. The maximum absolute atomic E-state index is 14.1. The van der Waals surface area contributed by atoms with E-state index in [4.69, 9.17) is 11.6 Å². The molecule has 5 heteroatoms. The molecule has 1 atom stereocenters. The molecule has 0 amide bonds. The fourth-order valence-corrected chi connectivity index (χ4v) is 3.23. The quantitative estimate of drug-likeness (QED) is 0.730. The lowest BCUT2D eigenvalue weighted by Gasteiger charge is -2.18. The van der Waals surface area contributed by atoms with Gasteiger partial charge in [0.05, 0.1) is 5.02 Å². The van der Waals surface area contributed by atoms with Crippen LogP contribution in [0.3, 0.4) is 0 Å². The first-order chi connectivity index (χ1) is 8.47. The number of rotatable bonds is 6. The molecule has 0 saturated heterocycles. The molecule has 1 aromatic carbocycles. The third-order valence-corrected chi connectivity index (χ3v) is 5.25. The van der Waals surface area contributed by atoms with Gasteiger partial charge in [0.25, 0.3) is 0 Å². The molecule has 0 aliphatic heterocycles. The molecule has 1 nitrogen and oxygen atoms in total. The number of benzene rings is 1. The van der Waals surface area contributed by atoms with Crippen LogP contribution in [0.5, 0.6) is 0 Å². The van der Waals surface area contributed by atoms with E-state index in [0.29, 0.717) is 16.0 Å². The number of nitrogens with one attached hydrogen (secondary N) is 1. The van der Waals surface area contributed by atoms with Crippen LogP contribution in [0.1, 0.15) is 25.5 Å². The summed E-state index contributed by atoms with van der Waals surface area (Å²) in [6, 6.07) is 3.56. The molecule has 0 aromatic heterocycles. The fourth-order valence-electron chi connectivity index (χ4n) is 1.56. The minimum Gasteiger partial charge on any atom is -0.312 e. The van der Waals surface area contributed by atoms with Crippen LogP contribution in [0.4, 0.5) is 4.39 Å². The molecule has 0 heterocycles. The van der Waals surface area contributed by atoms with Gasteiger partial charge in [0, 0.05) is 21.8 Å². The Morgan fingerprint density at radius 1 is 1.39 bits per heavy atom. The molecule has 1 unspecified atom stereocenters. The minimum atomic E-state index is -0.337. The van der Waals surface area contributed by atoms with E-state index in [-0.39, 0.29) is 16.9 Å². The van der Waals surface area contributed by atoms with E-state index in [2.05, 4.69) is 35.1 Å². The Kier molecular flexibility index (Phi) is 6.99. The van der Waals surface area contributed by atoms with Crippen molar-refractivity contribution in [3.8, 4) is 0 Å². The molecule has 0 aliphatic rings. The molecule has 0 saturated carbocycles. The normalized spacial score (nSPS) is 13.1. The highest BCUT2D eigenvalue weighted by atomic mass is 79.9. The lowest BCUT2D eigenvalue weighted by Crippen LogP contribution is -2.20. The van der Waals surface area contributed by atoms with Gasteiger partial charge in [-0.1, -0.05) is 31.5 Å². The van der Waals surface area contributed by atoms with Crippen LogP contribution in [0, 0.1) is 11.7 Å². The second-order valence-corrected chi connectivity index (χ2v) is 6.84. The molecule has 1 N–H and O–H groups in total. The topological polar surface area (TPSA) is 12.0 Å². The van der Waals surface area contributed by atoms with Gasteiger partial charge in [0.15, 0.2) is 0 Å². The molecule has 0 fully saturated rings. The second kappa shape index (κ2) is 7.73. The Morgan fingerprint density at radius 2 is 2.06 bits per heavy atom. The fraction of sp³-hybridized carbons (Fsp3) is 0.538. The van der Waals surface area contributed by atoms with E-state index in [1.807, 2.05) is 18.8 Å². The summed E-state index contributed by atoms with van der Waals surface area (Å²) in [5.41, 5.74) is 0.627. The molecular formula is C13H18BrClFNS. The molecule has 0 spiro atoms. The van der Waals surface area contributed by atoms with Crippen LogP contribution in [-0.4, -0.2) is 18.6 Å². The molecule has 1 rings (SSSR count). The van der Waals surface area contributed by atoms with Gasteiger partial charge in [0.1, 0.15) is 5.82 Å². The van der Waals surface area contributed by atoms with Crippen LogP contribution >= 0.6 is 39.3 Å². The van der Waals surface area contributed by atoms with Crippen LogP contribution in [0.2, 0.25) is 5.02 Å². The van der Waals surface area contributed by atoms with Crippen LogP contribution in [-0.2, 0) is 0 Å². The largest absolute Gasteiger partial charge is 0.312 e. The van der Waals surface area contributed by atoms with E-state index >= 15 is 0 Å². The summed E-state index contributed by atoms with van der Waals surface area (Å²) in [5.74, 6) is 2.22. The molecule has 18 heavy (non-hydrogen) atoms. The van der Waals surface area contributed by atoms with Gasteiger partial charge >= 0.3 is 0 Å². The summed E-state index contributed by atoms with van der Waals surface area (Å²) in [6.07, 6.45) is 0. The molecule has 0 bridgehead atoms. The van der Waals surface area contributed by atoms with Gasteiger partial charge in [-0.15, -0.1) is 0 Å². The Labute approximate surface area is 126 Å². The zero-order valence-electron chi connectivity index (χ0n) is 10.8. The zero-order valence-corrected chi connectivity index (χ0v) is 13.9. The van der Waals surface area contributed by atoms with Crippen molar-refractivity contribution in [2.24, 2.45) is 5.92 Å². The number of thioether (sulfide) groups is 1. The van der Waals surface area contributed by atoms with E-state index in [9.17, 15) is 4.39 Å². The Balaban J connectivity index is 2.79. The van der Waals surface area contributed by atoms with Crippen LogP contribution in [0.15, 0.2) is 16.6 Å². The first kappa shape index (κ1) is 16.3. The summed E-state index contributed by atoms with van der Waals surface area (Å²) in [5, 5.41) is 3.30. The average molecular weight is 355 g/mol. The standard InChI is InChI=1S/C13H18BrClFNS/c1-8(2)6-18-7-11(17-3)9-4-5-10(14)12(15)13(9)16/h4-5,8,11,17H,6-7H2,1-3H3.